The zero-order valence-corrected chi connectivity index (χ0v) is 15.5. The first-order valence-corrected chi connectivity index (χ1v) is 9.68. The molecule has 1 saturated heterocycles. The highest BCUT2D eigenvalue weighted by Crippen LogP contribution is 2.21. The van der Waals surface area contributed by atoms with Crippen LogP contribution in [0, 0.1) is 13.8 Å². The summed E-state index contributed by atoms with van der Waals surface area (Å²) in [4.78, 5) is 9.61. The van der Waals surface area contributed by atoms with Gasteiger partial charge in [-0.05, 0) is 44.9 Å². The molecule has 0 saturated carbocycles. The minimum atomic E-state index is 0.788. The molecule has 0 spiro atoms. The number of anilines is 1. The summed E-state index contributed by atoms with van der Waals surface area (Å²) in [6.45, 7) is 10.5. The van der Waals surface area contributed by atoms with E-state index in [2.05, 4.69) is 52.2 Å². The van der Waals surface area contributed by atoms with E-state index in [9.17, 15) is 0 Å². The molecule has 0 aliphatic carbocycles. The molecule has 1 aromatic heterocycles. The third-order valence-corrected chi connectivity index (χ3v) is 5.46. The van der Waals surface area contributed by atoms with Crippen molar-refractivity contribution >= 4 is 16.5 Å². The summed E-state index contributed by atoms with van der Waals surface area (Å²) in [6, 6.07) is 8.23. The lowest BCUT2D eigenvalue weighted by Gasteiger charge is -2.21. The van der Waals surface area contributed by atoms with Crippen LogP contribution in [0.4, 0.5) is 5.13 Å². The van der Waals surface area contributed by atoms with Crippen LogP contribution in [-0.2, 0) is 0 Å². The van der Waals surface area contributed by atoms with Crippen molar-refractivity contribution in [3.63, 3.8) is 0 Å². The van der Waals surface area contributed by atoms with E-state index < -0.39 is 0 Å². The van der Waals surface area contributed by atoms with Gasteiger partial charge in [-0.2, -0.15) is 0 Å². The van der Waals surface area contributed by atoms with Crippen LogP contribution >= 0.6 is 11.3 Å². The lowest BCUT2D eigenvalue weighted by molar-refractivity contribution is 0.243. The van der Waals surface area contributed by atoms with Gasteiger partial charge in [-0.25, -0.2) is 4.98 Å². The molecule has 0 bridgehead atoms. The Morgan fingerprint density at radius 1 is 1.12 bits per heavy atom. The Labute approximate surface area is 149 Å². The molecule has 0 N–H and O–H groups in total. The van der Waals surface area contributed by atoms with Gasteiger partial charge in [0, 0.05) is 31.6 Å². The maximum atomic E-state index is 5.91. The first-order valence-electron chi connectivity index (χ1n) is 8.80. The number of ether oxygens (including phenoxy) is 1. The van der Waals surface area contributed by atoms with Gasteiger partial charge in [0.2, 0.25) is 0 Å². The SMILES string of the molecule is Cc1csc(N2CCCN(CCCOc3ccccc3C)CC2)n1. The third-order valence-electron chi connectivity index (χ3n) is 4.44. The fraction of sp³-hybridized carbons (Fsp3) is 0.526. The second-order valence-corrected chi connectivity index (χ2v) is 7.26. The molecule has 1 fully saturated rings. The predicted molar refractivity (Wildman–Crippen MR) is 101 cm³/mol. The Morgan fingerprint density at radius 2 is 2.00 bits per heavy atom. The summed E-state index contributed by atoms with van der Waals surface area (Å²) in [5.74, 6) is 1.01. The van der Waals surface area contributed by atoms with E-state index >= 15 is 0 Å². The maximum Gasteiger partial charge on any atom is 0.185 e. The number of aryl methyl sites for hydroxylation is 2. The second kappa shape index (κ2) is 8.49. The molecule has 4 nitrogen and oxygen atoms in total. The first kappa shape index (κ1) is 17.2. The summed E-state index contributed by atoms with van der Waals surface area (Å²) in [5.41, 5.74) is 2.34. The van der Waals surface area contributed by atoms with Crippen molar-refractivity contribution in [3.05, 3.63) is 40.9 Å². The van der Waals surface area contributed by atoms with Crippen LogP contribution < -0.4 is 9.64 Å². The van der Waals surface area contributed by atoms with Gasteiger partial charge >= 0.3 is 0 Å². The number of aromatic nitrogens is 1. The van der Waals surface area contributed by atoms with Crippen molar-refractivity contribution in [2.75, 3.05) is 44.2 Å². The van der Waals surface area contributed by atoms with Crippen molar-refractivity contribution < 1.29 is 4.74 Å². The molecular formula is C19H27N3OS. The normalized spacial score (nSPS) is 16.2. The zero-order chi connectivity index (χ0) is 16.8. The fourth-order valence-electron chi connectivity index (χ4n) is 3.06. The van der Waals surface area contributed by atoms with Crippen molar-refractivity contribution in [1.82, 2.24) is 9.88 Å². The Morgan fingerprint density at radius 3 is 2.79 bits per heavy atom. The number of hydrogen-bond donors (Lipinski definition) is 0. The summed E-state index contributed by atoms with van der Waals surface area (Å²) in [7, 11) is 0. The third kappa shape index (κ3) is 4.71. The minimum Gasteiger partial charge on any atom is -0.493 e. The Hall–Kier alpha value is -1.59. The standard InChI is InChI=1S/C19H27N3OS/c1-16-7-3-4-8-18(16)23-14-6-10-21-9-5-11-22(13-12-21)19-20-17(2)15-24-19/h3-4,7-8,15H,5-6,9-14H2,1-2H3. The van der Waals surface area contributed by atoms with Gasteiger partial charge < -0.3 is 14.5 Å². The molecule has 130 valence electrons. The first-order chi connectivity index (χ1) is 11.7. The minimum absolute atomic E-state index is 0.788. The Bertz CT molecular complexity index is 643. The van der Waals surface area contributed by atoms with Crippen molar-refractivity contribution in [3.8, 4) is 5.75 Å². The number of nitrogens with zero attached hydrogens (tertiary/aromatic N) is 3. The van der Waals surface area contributed by atoms with E-state index in [1.165, 1.54) is 23.7 Å². The predicted octanol–water partition coefficient (Wildman–Crippen LogP) is 3.74. The molecule has 0 amide bonds. The van der Waals surface area contributed by atoms with E-state index in [4.69, 9.17) is 4.74 Å². The van der Waals surface area contributed by atoms with Gasteiger partial charge in [0.25, 0.3) is 0 Å². The molecule has 0 unspecified atom stereocenters. The van der Waals surface area contributed by atoms with E-state index in [1.807, 2.05) is 6.07 Å². The highest BCUT2D eigenvalue weighted by Gasteiger charge is 2.16. The van der Waals surface area contributed by atoms with Crippen LogP contribution in [0.2, 0.25) is 0 Å². The molecule has 2 heterocycles. The summed E-state index contributed by atoms with van der Waals surface area (Å²) in [5, 5.41) is 3.32. The number of hydrogen-bond acceptors (Lipinski definition) is 5. The highest BCUT2D eigenvalue weighted by atomic mass is 32.1. The molecule has 0 atom stereocenters. The zero-order valence-electron chi connectivity index (χ0n) is 14.7. The van der Waals surface area contributed by atoms with Gasteiger partial charge in [-0.3, -0.25) is 0 Å². The lowest BCUT2D eigenvalue weighted by Crippen LogP contribution is -2.31. The van der Waals surface area contributed by atoms with Crippen LogP contribution in [0.1, 0.15) is 24.1 Å². The molecule has 2 aromatic rings. The van der Waals surface area contributed by atoms with Crippen molar-refractivity contribution in [1.29, 1.82) is 0 Å². The fourth-order valence-corrected chi connectivity index (χ4v) is 3.92. The van der Waals surface area contributed by atoms with Gasteiger partial charge in [0.05, 0.1) is 12.3 Å². The van der Waals surface area contributed by atoms with Crippen LogP contribution in [0.5, 0.6) is 5.75 Å². The van der Waals surface area contributed by atoms with Crippen molar-refractivity contribution in [2.45, 2.75) is 26.7 Å². The molecular weight excluding hydrogens is 318 g/mol. The smallest absolute Gasteiger partial charge is 0.185 e. The molecule has 1 aromatic carbocycles. The molecule has 24 heavy (non-hydrogen) atoms. The van der Waals surface area contributed by atoms with Crippen LogP contribution in [-0.4, -0.2) is 49.2 Å². The van der Waals surface area contributed by atoms with Crippen LogP contribution in [0.3, 0.4) is 0 Å². The van der Waals surface area contributed by atoms with Crippen LogP contribution in [0.25, 0.3) is 0 Å². The van der Waals surface area contributed by atoms with E-state index in [0.717, 1.165) is 50.7 Å². The molecule has 1 aliphatic rings. The van der Waals surface area contributed by atoms with Gasteiger partial charge in [-0.15, -0.1) is 11.3 Å². The van der Waals surface area contributed by atoms with Gasteiger partial charge in [-0.1, -0.05) is 18.2 Å². The number of para-hydroxylation sites is 1. The quantitative estimate of drug-likeness (QED) is 0.746. The van der Waals surface area contributed by atoms with Gasteiger partial charge in [0.1, 0.15) is 5.75 Å². The van der Waals surface area contributed by atoms with Gasteiger partial charge in [0.15, 0.2) is 5.13 Å². The number of thiazole rings is 1. The maximum absolute atomic E-state index is 5.91. The summed E-state index contributed by atoms with van der Waals surface area (Å²) < 4.78 is 5.91. The van der Waals surface area contributed by atoms with E-state index in [0.29, 0.717) is 0 Å². The average molecular weight is 346 g/mol. The Kier molecular flexibility index (Phi) is 6.10. The second-order valence-electron chi connectivity index (χ2n) is 6.42. The lowest BCUT2D eigenvalue weighted by atomic mass is 10.2. The summed E-state index contributed by atoms with van der Waals surface area (Å²) >= 11 is 1.76. The topological polar surface area (TPSA) is 28.6 Å². The van der Waals surface area contributed by atoms with Crippen LogP contribution in [0.15, 0.2) is 29.6 Å². The van der Waals surface area contributed by atoms with E-state index in [1.54, 1.807) is 11.3 Å². The monoisotopic (exact) mass is 345 g/mol. The summed E-state index contributed by atoms with van der Waals surface area (Å²) in [6.07, 6.45) is 2.28. The molecule has 0 radical (unpaired) electrons. The largest absolute Gasteiger partial charge is 0.493 e. The molecule has 3 rings (SSSR count). The molecule has 1 aliphatic heterocycles. The Balaban J connectivity index is 1.40. The average Bonchev–Trinajstić information content (AvgIpc) is 2.88. The van der Waals surface area contributed by atoms with Crippen molar-refractivity contribution in [2.24, 2.45) is 0 Å². The molecule has 5 heteroatoms. The number of rotatable bonds is 6. The van der Waals surface area contributed by atoms with E-state index in [-0.39, 0.29) is 0 Å². The highest BCUT2D eigenvalue weighted by molar-refractivity contribution is 7.13. The number of benzene rings is 1.